The van der Waals surface area contributed by atoms with Crippen LogP contribution in [0.25, 0.3) is 0 Å². The van der Waals surface area contributed by atoms with E-state index in [9.17, 15) is 15.0 Å². The number of fused-ring (bicyclic) bond motifs is 1. The molecule has 5 rings (SSSR count). The number of likely N-dealkylation sites (tertiary alicyclic amines) is 1. The molecule has 200 valence electrons. The van der Waals surface area contributed by atoms with Gasteiger partial charge >= 0.3 is 0 Å². The Labute approximate surface area is 223 Å². The number of phenolic OH excluding ortho intramolecular Hbond substituents is 1. The Morgan fingerprint density at radius 3 is 2.61 bits per heavy atom. The Kier molecular flexibility index (Phi) is 7.93. The zero-order chi connectivity index (χ0) is 26.5. The van der Waals surface area contributed by atoms with Crippen molar-refractivity contribution in [3.05, 3.63) is 89.2 Å². The number of hydrogen-bond donors (Lipinski definition) is 4. The molecular formula is C30H36N4O4. The SMILES string of the molecule is C[C@]1([C@H](O)CNC(=O)c2ccc(OC3CCN(Cc4ccncc4)CC3)cc2)Cc2ccc(O)cc2CN1. The molecule has 1 fully saturated rings. The van der Waals surface area contributed by atoms with E-state index in [1.54, 1.807) is 24.3 Å². The number of pyridine rings is 1. The molecule has 2 aliphatic rings. The number of aliphatic hydroxyl groups is 1. The van der Waals surface area contributed by atoms with Gasteiger partial charge in [-0.15, -0.1) is 0 Å². The third-order valence-corrected chi connectivity index (χ3v) is 7.73. The minimum atomic E-state index is -0.777. The molecule has 2 atom stereocenters. The zero-order valence-electron chi connectivity index (χ0n) is 21.8. The molecule has 3 aromatic rings. The van der Waals surface area contributed by atoms with Gasteiger partial charge in [0.15, 0.2) is 0 Å². The van der Waals surface area contributed by atoms with Gasteiger partial charge in [-0.2, -0.15) is 0 Å². The van der Waals surface area contributed by atoms with Crippen molar-refractivity contribution in [2.75, 3.05) is 19.6 Å². The number of benzene rings is 2. The van der Waals surface area contributed by atoms with Crippen LogP contribution in [0.2, 0.25) is 0 Å². The highest BCUT2D eigenvalue weighted by molar-refractivity contribution is 5.94. The van der Waals surface area contributed by atoms with Gasteiger partial charge in [-0.1, -0.05) is 6.07 Å². The summed E-state index contributed by atoms with van der Waals surface area (Å²) in [6.45, 7) is 5.54. The third-order valence-electron chi connectivity index (χ3n) is 7.73. The fourth-order valence-electron chi connectivity index (χ4n) is 5.27. The highest BCUT2D eigenvalue weighted by Gasteiger charge is 2.36. The Hall–Kier alpha value is -3.46. The summed E-state index contributed by atoms with van der Waals surface area (Å²) in [5, 5.41) is 26.8. The zero-order valence-corrected chi connectivity index (χ0v) is 21.8. The van der Waals surface area contributed by atoms with Crippen molar-refractivity contribution < 1.29 is 19.7 Å². The third kappa shape index (κ3) is 6.32. The van der Waals surface area contributed by atoms with Crippen molar-refractivity contribution in [2.24, 2.45) is 0 Å². The lowest BCUT2D eigenvalue weighted by Gasteiger charge is -2.40. The standard InChI is InChI=1S/C30H36N4O4/c1-30(17-23-2-5-25(35)16-24(23)18-33-30)28(36)19-32-29(37)22-3-6-26(7-4-22)38-27-10-14-34(15-11-27)20-21-8-12-31-13-9-21/h2-9,12-13,16,27-28,33,35-36H,10-11,14-15,17-20H2,1H3,(H,32,37)/t28-,30-/m1/s1. The number of aliphatic hydroxyl groups excluding tert-OH is 1. The summed E-state index contributed by atoms with van der Waals surface area (Å²) in [5.41, 5.74) is 3.33. The first kappa shape index (κ1) is 26.2. The summed E-state index contributed by atoms with van der Waals surface area (Å²) >= 11 is 0. The minimum absolute atomic E-state index is 0.131. The van der Waals surface area contributed by atoms with Gasteiger partial charge in [-0.3, -0.25) is 14.7 Å². The second-order valence-electron chi connectivity index (χ2n) is 10.6. The van der Waals surface area contributed by atoms with Gasteiger partial charge in [0, 0.05) is 56.2 Å². The van der Waals surface area contributed by atoms with Crippen molar-refractivity contribution in [1.82, 2.24) is 20.5 Å². The van der Waals surface area contributed by atoms with Gasteiger partial charge in [0.1, 0.15) is 17.6 Å². The average Bonchev–Trinajstić information content (AvgIpc) is 2.94. The van der Waals surface area contributed by atoms with Crippen LogP contribution in [-0.4, -0.2) is 63.4 Å². The van der Waals surface area contributed by atoms with E-state index in [1.165, 1.54) is 5.56 Å². The molecule has 0 radical (unpaired) electrons. The second-order valence-corrected chi connectivity index (χ2v) is 10.6. The number of phenols is 1. The first-order valence-corrected chi connectivity index (χ1v) is 13.3. The lowest BCUT2D eigenvalue weighted by atomic mass is 9.82. The van der Waals surface area contributed by atoms with Crippen LogP contribution in [0.4, 0.5) is 0 Å². The minimum Gasteiger partial charge on any atom is -0.508 e. The van der Waals surface area contributed by atoms with Crippen molar-refractivity contribution in [2.45, 2.75) is 57.0 Å². The number of carbonyl (C=O) groups excluding carboxylic acids is 1. The van der Waals surface area contributed by atoms with Crippen LogP contribution in [0.1, 0.15) is 46.8 Å². The molecule has 0 aliphatic carbocycles. The first-order chi connectivity index (χ1) is 18.4. The predicted molar refractivity (Wildman–Crippen MR) is 145 cm³/mol. The fourth-order valence-corrected chi connectivity index (χ4v) is 5.27. The lowest BCUT2D eigenvalue weighted by Crippen LogP contribution is -2.58. The quantitative estimate of drug-likeness (QED) is 0.365. The summed E-state index contributed by atoms with van der Waals surface area (Å²) in [4.78, 5) is 19.3. The molecular weight excluding hydrogens is 480 g/mol. The Balaban J connectivity index is 1.07. The predicted octanol–water partition coefficient (Wildman–Crippen LogP) is 3.03. The molecule has 2 aliphatic heterocycles. The topological polar surface area (TPSA) is 107 Å². The second kappa shape index (κ2) is 11.5. The van der Waals surface area contributed by atoms with Gasteiger partial charge in [-0.05, 0) is 91.4 Å². The van der Waals surface area contributed by atoms with E-state index in [1.807, 2.05) is 37.5 Å². The molecule has 8 nitrogen and oxygen atoms in total. The molecule has 4 N–H and O–H groups in total. The van der Waals surface area contributed by atoms with Crippen molar-refractivity contribution >= 4 is 5.91 Å². The summed E-state index contributed by atoms with van der Waals surface area (Å²) in [6.07, 6.45) is 5.58. The van der Waals surface area contributed by atoms with Crippen LogP contribution in [0, 0.1) is 0 Å². The maximum atomic E-state index is 12.7. The number of hydrogen-bond acceptors (Lipinski definition) is 7. The van der Waals surface area contributed by atoms with Crippen LogP contribution in [-0.2, 0) is 19.5 Å². The summed E-state index contributed by atoms with van der Waals surface area (Å²) in [6, 6.07) is 16.6. The summed E-state index contributed by atoms with van der Waals surface area (Å²) in [7, 11) is 0. The number of aromatic nitrogens is 1. The van der Waals surface area contributed by atoms with E-state index < -0.39 is 11.6 Å². The number of ether oxygens (including phenoxy) is 1. The van der Waals surface area contributed by atoms with E-state index in [2.05, 4.69) is 32.7 Å². The Morgan fingerprint density at radius 2 is 1.87 bits per heavy atom. The monoisotopic (exact) mass is 516 g/mol. The van der Waals surface area contributed by atoms with Crippen LogP contribution in [0.5, 0.6) is 11.5 Å². The van der Waals surface area contributed by atoms with E-state index in [0.717, 1.165) is 49.4 Å². The number of rotatable bonds is 8. The maximum Gasteiger partial charge on any atom is 0.251 e. The number of amides is 1. The van der Waals surface area contributed by atoms with E-state index >= 15 is 0 Å². The van der Waals surface area contributed by atoms with Crippen molar-refractivity contribution in [1.29, 1.82) is 0 Å². The molecule has 1 amide bonds. The van der Waals surface area contributed by atoms with Crippen molar-refractivity contribution in [3.8, 4) is 11.5 Å². The van der Waals surface area contributed by atoms with Gasteiger partial charge in [-0.25, -0.2) is 0 Å². The van der Waals surface area contributed by atoms with E-state index in [-0.39, 0.29) is 24.3 Å². The summed E-state index contributed by atoms with van der Waals surface area (Å²) in [5.74, 6) is 0.767. The van der Waals surface area contributed by atoms with Crippen molar-refractivity contribution in [3.63, 3.8) is 0 Å². The van der Waals surface area contributed by atoms with Crippen LogP contribution in [0.3, 0.4) is 0 Å². The normalized spacial score (nSPS) is 20.9. The number of carbonyl (C=O) groups is 1. The fraction of sp³-hybridized carbons (Fsp3) is 0.400. The van der Waals surface area contributed by atoms with Gasteiger partial charge in [0.05, 0.1) is 6.10 Å². The first-order valence-electron chi connectivity index (χ1n) is 13.3. The largest absolute Gasteiger partial charge is 0.508 e. The number of aromatic hydroxyl groups is 1. The molecule has 0 spiro atoms. The lowest BCUT2D eigenvalue weighted by molar-refractivity contribution is 0.0594. The number of nitrogens with zero attached hydrogens (tertiary/aromatic N) is 2. The van der Waals surface area contributed by atoms with E-state index in [4.69, 9.17) is 4.74 Å². The molecule has 1 aromatic heterocycles. The summed E-state index contributed by atoms with van der Waals surface area (Å²) < 4.78 is 6.18. The van der Waals surface area contributed by atoms with Gasteiger partial charge < -0.3 is 25.6 Å². The van der Waals surface area contributed by atoms with Crippen LogP contribution < -0.4 is 15.4 Å². The Bertz CT molecular complexity index is 1230. The molecule has 3 heterocycles. The molecule has 38 heavy (non-hydrogen) atoms. The average molecular weight is 517 g/mol. The number of piperidine rings is 1. The van der Waals surface area contributed by atoms with Gasteiger partial charge in [0.2, 0.25) is 0 Å². The number of nitrogens with one attached hydrogen (secondary N) is 2. The molecule has 0 saturated carbocycles. The molecule has 2 aromatic carbocycles. The highest BCUT2D eigenvalue weighted by Crippen LogP contribution is 2.28. The highest BCUT2D eigenvalue weighted by atomic mass is 16.5. The van der Waals surface area contributed by atoms with Crippen LogP contribution in [0.15, 0.2) is 67.0 Å². The molecule has 8 heteroatoms. The molecule has 0 bridgehead atoms. The maximum absolute atomic E-state index is 12.7. The molecule has 1 saturated heterocycles. The van der Waals surface area contributed by atoms with Crippen LogP contribution >= 0.6 is 0 Å². The smallest absolute Gasteiger partial charge is 0.251 e. The van der Waals surface area contributed by atoms with Gasteiger partial charge in [0.25, 0.3) is 5.91 Å². The van der Waals surface area contributed by atoms with E-state index in [0.29, 0.717) is 18.5 Å². The molecule has 0 unspecified atom stereocenters. The Morgan fingerprint density at radius 1 is 1.13 bits per heavy atom.